The molecule has 0 spiro atoms. The van der Waals surface area contributed by atoms with Crippen LogP contribution in [-0.4, -0.2) is 103 Å². The topological polar surface area (TPSA) is 132 Å². The number of aromatic nitrogens is 6. The van der Waals surface area contributed by atoms with Crippen LogP contribution in [0.15, 0.2) is 56.2 Å². The molecule has 12 nitrogen and oxygen atoms in total. The van der Waals surface area contributed by atoms with E-state index in [4.69, 9.17) is 5.73 Å². The Morgan fingerprint density at radius 2 is 1.16 bits per heavy atom. The average Bonchev–Trinajstić information content (AvgIpc) is 3.74. The maximum Gasteiger partial charge on any atom is 0.338 e. The highest BCUT2D eigenvalue weighted by Crippen LogP contribution is 1.92. The number of rotatable bonds is 11. The molecule has 3 N–H and O–H groups in total. The van der Waals surface area contributed by atoms with Crippen molar-refractivity contribution in [1.82, 2.24) is 43.8 Å². The number of nitrogens with two attached hydrogens (primary N) is 1. The van der Waals surface area contributed by atoms with Gasteiger partial charge in [0.05, 0.1) is 0 Å². The lowest BCUT2D eigenvalue weighted by Gasteiger charge is -2.17. The van der Waals surface area contributed by atoms with Crippen LogP contribution in [0.4, 0.5) is 9.59 Å². The first-order valence-electron chi connectivity index (χ1n) is 12.9. The minimum atomic E-state index is -0.190. The zero-order valence-corrected chi connectivity index (χ0v) is 22.7. The Labute approximate surface area is 227 Å². The third-order valence-electron chi connectivity index (χ3n) is 5.58. The summed E-state index contributed by atoms with van der Waals surface area (Å²) in [7, 11) is 0. The van der Waals surface area contributed by atoms with Crippen molar-refractivity contribution in [2.24, 2.45) is 5.73 Å². The van der Waals surface area contributed by atoms with Crippen molar-refractivity contribution in [3.05, 3.63) is 56.2 Å². The molecule has 0 unspecified atom stereocenters. The SMILES string of the molecule is C.CCN(CC)CCCN.CCN(CC)CCCNC(=O)n1ccnc1.O=C(n1ccnc1)n1ccnc1. The van der Waals surface area contributed by atoms with Gasteiger partial charge in [-0.2, -0.15) is 0 Å². The van der Waals surface area contributed by atoms with E-state index in [1.165, 1.54) is 32.7 Å². The molecule has 3 aromatic heterocycles. The molecule has 214 valence electrons. The summed E-state index contributed by atoms with van der Waals surface area (Å²) in [5, 5.41) is 2.85. The van der Waals surface area contributed by atoms with Crippen molar-refractivity contribution >= 4 is 12.1 Å². The minimum Gasteiger partial charge on any atom is -0.337 e. The number of carbonyl (C=O) groups is 2. The Hall–Kier alpha value is -3.35. The molecule has 38 heavy (non-hydrogen) atoms. The fourth-order valence-corrected chi connectivity index (χ4v) is 3.24. The van der Waals surface area contributed by atoms with E-state index in [2.05, 4.69) is 57.8 Å². The van der Waals surface area contributed by atoms with Gasteiger partial charge in [-0.15, -0.1) is 0 Å². The van der Waals surface area contributed by atoms with Gasteiger partial charge in [0.1, 0.15) is 19.0 Å². The van der Waals surface area contributed by atoms with Gasteiger partial charge in [-0.3, -0.25) is 13.7 Å². The maximum atomic E-state index is 11.5. The predicted octanol–water partition coefficient (Wildman–Crippen LogP) is 3.08. The van der Waals surface area contributed by atoms with Gasteiger partial charge < -0.3 is 20.9 Å². The van der Waals surface area contributed by atoms with Crippen LogP contribution in [0, 0.1) is 0 Å². The third kappa shape index (κ3) is 13.8. The minimum absolute atomic E-state index is 0. The van der Waals surface area contributed by atoms with Gasteiger partial charge in [0.15, 0.2) is 0 Å². The first kappa shape index (κ1) is 34.6. The summed E-state index contributed by atoms with van der Waals surface area (Å²) in [6.07, 6.45) is 16.0. The molecular weight excluding hydrogens is 484 g/mol. The summed E-state index contributed by atoms with van der Waals surface area (Å²) in [5.41, 5.74) is 5.36. The number of hydrogen-bond donors (Lipinski definition) is 2. The van der Waals surface area contributed by atoms with Crippen LogP contribution in [0.2, 0.25) is 0 Å². The highest BCUT2D eigenvalue weighted by atomic mass is 16.2. The van der Waals surface area contributed by atoms with Gasteiger partial charge in [0.25, 0.3) is 0 Å². The van der Waals surface area contributed by atoms with Crippen LogP contribution in [0.3, 0.4) is 0 Å². The molecule has 0 aliphatic rings. The molecule has 3 aromatic rings. The second-order valence-electron chi connectivity index (χ2n) is 7.97. The number of amides is 1. The molecule has 1 amide bonds. The second kappa shape index (κ2) is 21.7. The second-order valence-corrected chi connectivity index (χ2v) is 7.97. The van der Waals surface area contributed by atoms with Gasteiger partial charge in [-0.1, -0.05) is 35.1 Å². The molecule has 0 atom stereocenters. The lowest BCUT2D eigenvalue weighted by molar-refractivity contribution is 0.240. The molecule has 0 aliphatic heterocycles. The average molecular weight is 533 g/mol. The summed E-state index contributed by atoms with van der Waals surface area (Å²) in [6, 6.07) is -0.304. The van der Waals surface area contributed by atoms with Gasteiger partial charge in [-0.25, -0.2) is 24.5 Å². The Bertz CT molecular complexity index is 883. The molecule has 0 radical (unpaired) electrons. The Morgan fingerprint density at radius 1 is 0.737 bits per heavy atom. The van der Waals surface area contributed by atoms with Crippen molar-refractivity contribution in [2.75, 3.05) is 52.4 Å². The number of carbonyl (C=O) groups excluding carboxylic acids is 2. The van der Waals surface area contributed by atoms with E-state index in [9.17, 15) is 9.59 Å². The molecule has 0 aromatic carbocycles. The Balaban J connectivity index is 0.000000556. The zero-order valence-electron chi connectivity index (χ0n) is 22.7. The quantitative estimate of drug-likeness (QED) is 0.360. The monoisotopic (exact) mass is 532 g/mol. The largest absolute Gasteiger partial charge is 0.338 e. The summed E-state index contributed by atoms with van der Waals surface area (Å²) >= 11 is 0. The number of nitrogens with one attached hydrogen (secondary N) is 1. The molecular formula is C26H48N10O2. The molecule has 0 fully saturated rings. The molecule has 3 heterocycles. The van der Waals surface area contributed by atoms with Crippen molar-refractivity contribution in [3.63, 3.8) is 0 Å². The summed E-state index contributed by atoms with van der Waals surface area (Å²) in [6.45, 7) is 16.8. The van der Waals surface area contributed by atoms with E-state index in [0.29, 0.717) is 6.54 Å². The van der Waals surface area contributed by atoms with Crippen LogP contribution in [0.1, 0.15) is 48.0 Å². The van der Waals surface area contributed by atoms with Gasteiger partial charge in [-0.05, 0) is 58.7 Å². The summed E-state index contributed by atoms with van der Waals surface area (Å²) in [5.74, 6) is 0. The van der Waals surface area contributed by atoms with Crippen molar-refractivity contribution in [1.29, 1.82) is 0 Å². The van der Waals surface area contributed by atoms with Crippen molar-refractivity contribution in [3.8, 4) is 0 Å². The maximum absolute atomic E-state index is 11.5. The lowest BCUT2D eigenvalue weighted by atomic mass is 10.3. The van der Waals surface area contributed by atoms with E-state index >= 15 is 0 Å². The summed E-state index contributed by atoms with van der Waals surface area (Å²) in [4.78, 5) is 39.0. The first-order chi connectivity index (χ1) is 18.0. The highest BCUT2D eigenvalue weighted by molar-refractivity contribution is 5.78. The van der Waals surface area contributed by atoms with E-state index in [-0.39, 0.29) is 19.5 Å². The van der Waals surface area contributed by atoms with Crippen molar-refractivity contribution < 1.29 is 9.59 Å². The number of imidazole rings is 3. The first-order valence-corrected chi connectivity index (χ1v) is 12.9. The fourth-order valence-electron chi connectivity index (χ4n) is 3.24. The van der Waals surface area contributed by atoms with Crippen LogP contribution in [-0.2, 0) is 0 Å². The zero-order chi connectivity index (χ0) is 27.3. The Morgan fingerprint density at radius 3 is 1.53 bits per heavy atom. The predicted molar refractivity (Wildman–Crippen MR) is 152 cm³/mol. The fraction of sp³-hybridized carbons (Fsp3) is 0.577. The molecule has 0 aliphatic carbocycles. The van der Waals surface area contributed by atoms with Crippen molar-refractivity contribution in [2.45, 2.75) is 48.0 Å². The van der Waals surface area contributed by atoms with Crippen LogP contribution in [0.5, 0.6) is 0 Å². The van der Waals surface area contributed by atoms with Gasteiger partial charge in [0, 0.05) is 43.7 Å². The molecule has 0 saturated carbocycles. The Kier molecular flexibility index (Phi) is 19.8. The van der Waals surface area contributed by atoms with E-state index in [1.807, 2.05) is 0 Å². The highest BCUT2D eigenvalue weighted by Gasteiger charge is 2.04. The van der Waals surface area contributed by atoms with E-state index in [1.54, 1.807) is 37.2 Å². The number of nitrogens with zero attached hydrogens (tertiary/aromatic N) is 8. The van der Waals surface area contributed by atoms with Gasteiger partial charge >= 0.3 is 12.1 Å². The molecule has 12 heteroatoms. The van der Waals surface area contributed by atoms with Gasteiger partial charge in [0.2, 0.25) is 0 Å². The third-order valence-corrected chi connectivity index (χ3v) is 5.58. The van der Waals surface area contributed by atoms with E-state index in [0.717, 1.165) is 58.7 Å². The number of hydrogen-bond acceptors (Lipinski definition) is 8. The molecule has 3 rings (SSSR count). The molecule has 0 saturated heterocycles. The standard InChI is InChI=1S/C11H20N4O.C7H6N4O.C7H18N2.CH4/c1-3-14(4-2)8-5-6-13-11(16)15-9-7-12-10-15;12-7(10-3-1-8-5-10)11-4-2-9-6-11;1-3-9(4-2)7-5-6-8;/h7,9-10H,3-6,8H2,1-2H3,(H,13,16);1-6H;3-8H2,1-2H3;1H4. The molecule has 0 bridgehead atoms. The summed E-state index contributed by atoms with van der Waals surface area (Å²) < 4.78 is 4.20. The van der Waals surface area contributed by atoms with E-state index < -0.39 is 0 Å². The van der Waals surface area contributed by atoms with Crippen LogP contribution < -0.4 is 11.1 Å². The normalized spacial score (nSPS) is 10.2. The van der Waals surface area contributed by atoms with Crippen LogP contribution >= 0.6 is 0 Å². The van der Waals surface area contributed by atoms with Crippen LogP contribution in [0.25, 0.3) is 0 Å². The smallest absolute Gasteiger partial charge is 0.337 e. The lowest BCUT2D eigenvalue weighted by Crippen LogP contribution is -2.31.